The Morgan fingerprint density at radius 2 is 2.09 bits per heavy atom. The number of amides is 1. The van der Waals surface area contributed by atoms with Gasteiger partial charge < -0.3 is 10.1 Å². The molecule has 2 heterocycles. The first-order chi connectivity index (χ1) is 11.3. The molecule has 0 saturated heterocycles. The molecule has 0 spiro atoms. The zero-order valence-electron chi connectivity index (χ0n) is 12.7. The fraction of sp³-hybridized carbons (Fsp3) is 0.176. The number of nitrogens with zero attached hydrogens (tertiary/aromatic N) is 2. The number of hydrogen-bond donors (Lipinski definition) is 1. The number of carbonyl (C=O) groups excluding carboxylic acids is 1. The van der Waals surface area contributed by atoms with Crippen molar-refractivity contribution in [1.82, 2.24) is 9.38 Å². The number of nitrogens with one attached hydrogen (secondary N) is 1. The Hall–Kier alpha value is -2.47. The van der Waals surface area contributed by atoms with E-state index in [4.69, 9.17) is 4.74 Å². The lowest BCUT2D eigenvalue weighted by atomic mass is 10.3. The van der Waals surface area contributed by atoms with Crippen LogP contribution in [-0.4, -0.2) is 27.7 Å². The second-order valence-electron chi connectivity index (χ2n) is 4.83. The second kappa shape index (κ2) is 7.19. The molecule has 0 atom stereocenters. The van der Waals surface area contributed by atoms with E-state index in [1.165, 1.54) is 11.8 Å². The number of hydrogen-bond acceptors (Lipinski definition) is 4. The zero-order chi connectivity index (χ0) is 16.1. The fourth-order valence-electron chi connectivity index (χ4n) is 2.15. The molecular formula is C17H17N3O2S. The molecule has 5 nitrogen and oxygen atoms in total. The predicted molar refractivity (Wildman–Crippen MR) is 92.2 cm³/mol. The molecule has 0 saturated carbocycles. The van der Waals surface area contributed by atoms with Crippen LogP contribution in [0, 0.1) is 0 Å². The predicted octanol–water partition coefficient (Wildman–Crippen LogP) is 3.46. The number of pyridine rings is 1. The number of aromatic nitrogens is 2. The number of ether oxygens (including phenoxy) is 1. The van der Waals surface area contributed by atoms with Gasteiger partial charge >= 0.3 is 0 Å². The van der Waals surface area contributed by atoms with Crippen LogP contribution in [0.1, 0.15) is 6.92 Å². The summed E-state index contributed by atoms with van der Waals surface area (Å²) in [5.74, 6) is 1.04. The van der Waals surface area contributed by atoms with Gasteiger partial charge in [-0.15, -0.1) is 0 Å². The first kappa shape index (κ1) is 15.4. The summed E-state index contributed by atoms with van der Waals surface area (Å²) in [6.45, 7) is 2.56. The summed E-state index contributed by atoms with van der Waals surface area (Å²) in [5, 5.41) is 3.68. The number of thioether (sulfide) groups is 1. The Bertz CT molecular complexity index is 799. The molecule has 1 amide bonds. The van der Waals surface area contributed by atoms with Crippen LogP contribution in [0.15, 0.2) is 60.0 Å². The molecule has 0 fully saturated rings. The molecule has 1 aromatic carbocycles. The highest BCUT2D eigenvalue weighted by Crippen LogP contribution is 2.19. The summed E-state index contributed by atoms with van der Waals surface area (Å²) in [7, 11) is 0. The van der Waals surface area contributed by atoms with Gasteiger partial charge in [-0.3, -0.25) is 9.20 Å². The average Bonchev–Trinajstić information content (AvgIpc) is 2.98. The van der Waals surface area contributed by atoms with Gasteiger partial charge in [0.1, 0.15) is 5.75 Å². The van der Waals surface area contributed by atoms with E-state index in [2.05, 4.69) is 10.3 Å². The number of fused-ring (bicyclic) bond motifs is 1. The molecule has 0 radical (unpaired) electrons. The van der Waals surface area contributed by atoms with E-state index in [9.17, 15) is 4.79 Å². The summed E-state index contributed by atoms with van der Waals surface area (Å²) in [4.78, 5) is 16.4. The Morgan fingerprint density at radius 3 is 2.87 bits per heavy atom. The molecule has 6 heteroatoms. The van der Waals surface area contributed by atoms with Crippen LogP contribution in [0.5, 0.6) is 5.75 Å². The molecule has 3 rings (SSSR count). The first-order valence-corrected chi connectivity index (χ1v) is 8.32. The van der Waals surface area contributed by atoms with Crippen molar-refractivity contribution >= 4 is 28.9 Å². The van der Waals surface area contributed by atoms with Crippen molar-refractivity contribution in [3.63, 3.8) is 0 Å². The molecule has 1 N–H and O–H groups in total. The molecule has 0 aliphatic rings. The minimum absolute atomic E-state index is 0.0631. The number of benzene rings is 1. The Labute approximate surface area is 138 Å². The maximum Gasteiger partial charge on any atom is 0.234 e. The Morgan fingerprint density at radius 1 is 1.26 bits per heavy atom. The van der Waals surface area contributed by atoms with Gasteiger partial charge in [-0.05, 0) is 43.3 Å². The van der Waals surface area contributed by atoms with E-state index in [0.29, 0.717) is 12.4 Å². The highest BCUT2D eigenvalue weighted by Gasteiger charge is 2.08. The molecule has 0 aliphatic heterocycles. The van der Waals surface area contributed by atoms with Gasteiger partial charge in [-0.2, -0.15) is 0 Å². The van der Waals surface area contributed by atoms with Gasteiger partial charge in [-0.25, -0.2) is 4.98 Å². The third-order valence-electron chi connectivity index (χ3n) is 3.19. The van der Waals surface area contributed by atoms with Crippen molar-refractivity contribution < 1.29 is 9.53 Å². The number of anilines is 1. The van der Waals surface area contributed by atoms with E-state index in [1.807, 2.05) is 60.0 Å². The van der Waals surface area contributed by atoms with Crippen molar-refractivity contribution in [1.29, 1.82) is 0 Å². The van der Waals surface area contributed by atoms with E-state index in [-0.39, 0.29) is 5.91 Å². The molecular weight excluding hydrogens is 310 g/mol. The summed E-state index contributed by atoms with van der Waals surface area (Å²) >= 11 is 1.41. The number of imidazole rings is 1. The molecule has 0 unspecified atom stereocenters. The summed E-state index contributed by atoms with van der Waals surface area (Å²) in [6.07, 6.45) is 3.74. The van der Waals surface area contributed by atoms with Crippen LogP contribution in [0.4, 0.5) is 5.69 Å². The topological polar surface area (TPSA) is 55.6 Å². The second-order valence-corrected chi connectivity index (χ2v) is 5.77. The average molecular weight is 327 g/mol. The van der Waals surface area contributed by atoms with Crippen LogP contribution < -0.4 is 10.1 Å². The standard InChI is InChI=1S/C17H17N3O2S/c1-2-22-15-8-6-13(7-9-15)19-16(21)12-23-17-18-11-14-5-3-4-10-20(14)17/h3-11H,2,12H2,1H3,(H,19,21). The van der Waals surface area contributed by atoms with E-state index in [1.54, 1.807) is 6.20 Å². The highest BCUT2D eigenvalue weighted by molar-refractivity contribution is 7.99. The smallest absolute Gasteiger partial charge is 0.234 e. The first-order valence-electron chi connectivity index (χ1n) is 7.34. The minimum Gasteiger partial charge on any atom is -0.494 e. The van der Waals surface area contributed by atoms with E-state index < -0.39 is 0 Å². The SMILES string of the molecule is CCOc1ccc(NC(=O)CSc2ncc3ccccn23)cc1. The van der Waals surface area contributed by atoms with Crippen LogP contribution in [0.25, 0.3) is 5.52 Å². The van der Waals surface area contributed by atoms with E-state index in [0.717, 1.165) is 22.1 Å². The van der Waals surface area contributed by atoms with Gasteiger partial charge in [-0.1, -0.05) is 17.8 Å². The highest BCUT2D eigenvalue weighted by atomic mass is 32.2. The Balaban J connectivity index is 1.57. The van der Waals surface area contributed by atoms with Crippen LogP contribution in [0.2, 0.25) is 0 Å². The van der Waals surface area contributed by atoms with Crippen molar-refractivity contribution in [3.05, 3.63) is 54.9 Å². The Kier molecular flexibility index (Phi) is 4.83. The zero-order valence-corrected chi connectivity index (χ0v) is 13.5. The van der Waals surface area contributed by atoms with E-state index >= 15 is 0 Å². The lowest BCUT2D eigenvalue weighted by Crippen LogP contribution is -2.14. The van der Waals surface area contributed by atoms with Crippen molar-refractivity contribution in [3.8, 4) is 5.75 Å². The van der Waals surface area contributed by atoms with Crippen LogP contribution in [-0.2, 0) is 4.79 Å². The summed E-state index contributed by atoms with van der Waals surface area (Å²) in [5.41, 5.74) is 1.77. The third-order valence-corrected chi connectivity index (χ3v) is 4.15. The van der Waals surface area contributed by atoms with Gasteiger partial charge in [0.2, 0.25) is 5.91 Å². The normalized spacial score (nSPS) is 10.7. The largest absolute Gasteiger partial charge is 0.494 e. The van der Waals surface area contributed by atoms with Gasteiger partial charge in [0.05, 0.1) is 24.1 Å². The van der Waals surface area contributed by atoms with Crippen molar-refractivity contribution in [2.75, 3.05) is 17.7 Å². The number of rotatable bonds is 6. The lowest BCUT2D eigenvalue weighted by molar-refractivity contribution is -0.113. The van der Waals surface area contributed by atoms with Crippen LogP contribution >= 0.6 is 11.8 Å². The maximum absolute atomic E-state index is 12.1. The molecule has 2 aromatic heterocycles. The molecule has 118 valence electrons. The van der Waals surface area contributed by atoms with Gasteiger partial charge in [0.25, 0.3) is 0 Å². The summed E-state index contributed by atoms with van der Waals surface area (Å²) in [6, 6.07) is 13.2. The maximum atomic E-state index is 12.1. The van der Waals surface area contributed by atoms with Crippen molar-refractivity contribution in [2.24, 2.45) is 0 Å². The third kappa shape index (κ3) is 3.84. The molecule has 0 aliphatic carbocycles. The minimum atomic E-state index is -0.0631. The summed E-state index contributed by atoms with van der Waals surface area (Å²) < 4.78 is 7.34. The van der Waals surface area contributed by atoms with Crippen LogP contribution in [0.3, 0.4) is 0 Å². The molecule has 3 aromatic rings. The quantitative estimate of drug-likeness (QED) is 0.705. The molecule has 23 heavy (non-hydrogen) atoms. The number of carbonyl (C=O) groups is 1. The monoisotopic (exact) mass is 327 g/mol. The van der Waals surface area contributed by atoms with Gasteiger partial charge in [0, 0.05) is 11.9 Å². The van der Waals surface area contributed by atoms with Gasteiger partial charge in [0.15, 0.2) is 5.16 Å². The lowest BCUT2D eigenvalue weighted by Gasteiger charge is -2.07. The molecule has 0 bridgehead atoms. The fourth-order valence-corrected chi connectivity index (χ4v) is 2.92. The van der Waals surface area contributed by atoms with Crippen molar-refractivity contribution in [2.45, 2.75) is 12.1 Å².